The van der Waals surface area contributed by atoms with Crippen LogP contribution in [0.1, 0.15) is 29.7 Å². The van der Waals surface area contributed by atoms with Gasteiger partial charge in [0.05, 0.1) is 12.9 Å². The summed E-state index contributed by atoms with van der Waals surface area (Å²) in [4.78, 5) is 75.8. The van der Waals surface area contributed by atoms with Gasteiger partial charge in [0, 0.05) is 37.7 Å². The number of hydrogen-bond donors (Lipinski definition) is 9. The predicted molar refractivity (Wildman–Crippen MR) is 177 cm³/mol. The summed E-state index contributed by atoms with van der Waals surface area (Å²) < 4.78 is 0. The van der Waals surface area contributed by atoms with Crippen molar-refractivity contribution in [3.05, 3.63) is 90.0 Å². The van der Waals surface area contributed by atoms with Crippen molar-refractivity contribution in [1.29, 1.82) is 0 Å². The lowest BCUT2D eigenvalue weighted by atomic mass is 10.0. The summed E-state index contributed by atoms with van der Waals surface area (Å²) >= 11 is 0. The lowest BCUT2D eigenvalue weighted by molar-refractivity contribution is -0.142. The van der Waals surface area contributed by atoms with E-state index in [9.17, 15) is 29.1 Å². The molecule has 4 atom stereocenters. The second-order valence-electron chi connectivity index (χ2n) is 11.0. The topological polar surface area (TPSA) is 273 Å². The number of benzene rings is 2. The molecule has 3 aromatic rings. The second-order valence-corrected chi connectivity index (χ2v) is 11.0. The van der Waals surface area contributed by atoms with Crippen LogP contribution in [0, 0.1) is 0 Å². The van der Waals surface area contributed by atoms with Crippen LogP contribution in [-0.2, 0) is 43.2 Å². The zero-order valence-electron chi connectivity index (χ0n) is 26.3. The first-order chi connectivity index (χ1) is 23.0. The molecule has 4 amide bonds. The fraction of sp³-hybridized carbons (Fsp3) is 0.344. The Morgan fingerprint density at radius 2 is 1.27 bits per heavy atom. The van der Waals surface area contributed by atoms with Crippen molar-refractivity contribution in [2.45, 2.75) is 56.3 Å². The number of aliphatic imine (C=N–C) groups is 1. The number of imidazole rings is 1. The van der Waals surface area contributed by atoms with E-state index in [1.807, 2.05) is 6.07 Å². The van der Waals surface area contributed by atoms with Gasteiger partial charge in [-0.05, 0) is 24.0 Å². The first-order valence-corrected chi connectivity index (χ1v) is 15.3. The van der Waals surface area contributed by atoms with Crippen LogP contribution in [0.4, 0.5) is 0 Å². The van der Waals surface area contributed by atoms with Gasteiger partial charge in [-0.1, -0.05) is 60.7 Å². The molecule has 2 aromatic carbocycles. The number of hydrogen-bond acceptors (Lipinski definition) is 8. The maximum Gasteiger partial charge on any atom is 0.326 e. The highest BCUT2D eigenvalue weighted by atomic mass is 16.4. The predicted octanol–water partition coefficient (Wildman–Crippen LogP) is -1.53. The van der Waals surface area contributed by atoms with E-state index in [0.717, 1.165) is 5.56 Å². The van der Waals surface area contributed by atoms with Crippen molar-refractivity contribution in [3.8, 4) is 0 Å². The third kappa shape index (κ3) is 12.6. The minimum atomic E-state index is -1.33. The summed E-state index contributed by atoms with van der Waals surface area (Å²) in [6, 6.07) is 13.0. The lowest BCUT2D eigenvalue weighted by Crippen LogP contribution is -2.58. The number of amides is 4. The van der Waals surface area contributed by atoms with E-state index in [4.69, 9.17) is 17.2 Å². The molecular formula is C32H42N10O6. The number of aromatic nitrogens is 2. The van der Waals surface area contributed by atoms with E-state index in [2.05, 4.69) is 36.2 Å². The highest BCUT2D eigenvalue weighted by Crippen LogP contribution is 2.09. The fourth-order valence-corrected chi connectivity index (χ4v) is 4.78. The van der Waals surface area contributed by atoms with Crippen LogP contribution in [0.25, 0.3) is 0 Å². The summed E-state index contributed by atoms with van der Waals surface area (Å²) in [5.74, 6) is -4.11. The molecule has 0 saturated heterocycles. The van der Waals surface area contributed by atoms with Crippen molar-refractivity contribution in [3.63, 3.8) is 0 Å². The normalized spacial score (nSPS) is 13.2. The van der Waals surface area contributed by atoms with Crippen LogP contribution in [0.3, 0.4) is 0 Å². The Bertz CT molecular complexity index is 1510. The molecule has 0 aliphatic rings. The van der Waals surface area contributed by atoms with E-state index in [1.165, 1.54) is 12.5 Å². The average Bonchev–Trinajstić information content (AvgIpc) is 3.59. The van der Waals surface area contributed by atoms with Crippen molar-refractivity contribution in [2.75, 3.05) is 13.1 Å². The van der Waals surface area contributed by atoms with Crippen LogP contribution < -0.4 is 38.5 Å². The van der Waals surface area contributed by atoms with Gasteiger partial charge in [0.2, 0.25) is 23.6 Å². The van der Waals surface area contributed by atoms with Gasteiger partial charge < -0.3 is 48.6 Å². The standard InChI is InChI=1S/C32H42N10O6/c33-17-27(43)39-24(14-20-8-3-1-4-9-20)29(45)40-23(12-7-13-37-32(34)35)28(44)41-25(15-21-10-5-2-6-11-21)30(46)42-26(31(47)48)16-22-18-36-19-38-22/h1-6,8-11,18-19,23-26H,7,12-17,33H2,(H,36,38)(H,39,43)(H,40,45)(H,41,44)(H,42,46)(H,47,48)(H4,34,35,37)/t23-,24-,25-,26-/m0/s1. The molecule has 1 aromatic heterocycles. The third-order valence-corrected chi connectivity index (χ3v) is 7.21. The van der Waals surface area contributed by atoms with Crippen LogP contribution in [-0.4, -0.2) is 87.9 Å². The molecular weight excluding hydrogens is 620 g/mol. The van der Waals surface area contributed by atoms with Crippen molar-refractivity contribution in [1.82, 2.24) is 31.2 Å². The van der Waals surface area contributed by atoms with E-state index in [-0.39, 0.29) is 51.2 Å². The molecule has 48 heavy (non-hydrogen) atoms. The fourth-order valence-electron chi connectivity index (χ4n) is 4.78. The van der Waals surface area contributed by atoms with Gasteiger partial charge in [-0.3, -0.25) is 24.2 Å². The highest BCUT2D eigenvalue weighted by Gasteiger charge is 2.31. The average molecular weight is 663 g/mol. The quantitative estimate of drug-likeness (QED) is 0.0406. The number of H-pyrrole nitrogens is 1. The minimum Gasteiger partial charge on any atom is -0.480 e. The van der Waals surface area contributed by atoms with Gasteiger partial charge in [0.25, 0.3) is 0 Å². The molecule has 3 rings (SSSR count). The van der Waals surface area contributed by atoms with Gasteiger partial charge in [0.15, 0.2) is 5.96 Å². The number of nitrogens with zero attached hydrogens (tertiary/aromatic N) is 2. The second kappa shape index (κ2) is 19.0. The summed E-state index contributed by atoms with van der Waals surface area (Å²) in [7, 11) is 0. The molecule has 0 aliphatic carbocycles. The maximum absolute atomic E-state index is 13.8. The summed E-state index contributed by atoms with van der Waals surface area (Å²) in [6.45, 7) is -0.198. The van der Waals surface area contributed by atoms with Crippen LogP contribution >= 0.6 is 0 Å². The summed E-state index contributed by atoms with van der Waals surface area (Å²) in [5, 5.41) is 20.3. The zero-order chi connectivity index (χ0) is 34.9. The number of nitrogens with two attached hydrogens (primary N) is 3. The van der Waals surface area contributed by atoms with Gasteiger partial charge in [0.1, 0.15) is 24.2 Å². The number of aromatic amines is 1. The Labute approximate surface area is 277 Å². The van der Waals surface area contributed by atoms with Gasteiger partial charge in [-0.15, -0.1) is 0 Å². The molecule has 12 N–H and O–H groups in total. The van der Waals surface area contributed by atoms with E-state index in [1.54, 1.807) is 54.6 Å². The molecule has 256 valence electrons. The van der Waals surface area contributed by atoms with Gasteiger partial charge in [-0.2, -0.15) is 0 Å². The summed E-state index contributed by atoms with van der Waals surface area (Å²) in [6.07, 6.45) is 3.24. The minimum absolute atomic E-state index is 0.0205. The van der Waals surface area contributed by atoms with E-state index < -0.39 is 53.8 Å². The Morgan fingerprint density at radius 3 is 1.77 bits per heavy atom. The first-order valence-electron chi connectivity index (χ1n) is 15.3. The number of rotatable bonds is 19. The zero-order valence-corrected chi connectivity index (χ0v) is 26.3. The number of aliphatic carboxylic acids is 1. The van der Waals surface area contributed by atoms with Crippen LogP contribution in [0.15, 0.2) is 78.2 Å². The smallest absolute Gasteiger partial charge is 0.326 e. The SMILES string of the molecule is NCC(=O)N[C@@H](Cc1ccccc1)C(=O)N[C@@H](CCCN=C(N)N)C(=O)N[C@@H](Cc1ccccc1)C(=O)N[C@@H](Cc1cnc[nH]1)C(=O)O. The van der Waals surface area contributed by atoms with E-state index >= 15 is 0 Å². The molecule has 0 spiro atoms. The van der Waals surface area contributed by atoms with Crippen LogP contribution in [0.5, 0.6) is 0 Å². The number of carbonyl (C=O) groups is 5. The van der Waals surface area contributed by atoms with Crippen molar-refractivity contribution >= 4 is 35.6 Å². The number of nitrogens with one attached hydrogen (secondary N) is 5. The molecule has 0 saturated carbocycles. The molecule has 0 bridgehead atoms. The Balaban J connectivity index is 1.85. The molecule has 0 radical (unpaired) electrons. The third-order valence-electron chi connectivity index (χ3n) is 7.21. The van der Waals surface area contributed by atoms with Crippen molar-refractivity contribution < 1.29 is 29.1 Å². The Kier molecular flexibility index (Phi) is 14.5. The molecule has 1 heterocycles. The number of carboxylic acids is 1. The molecule has 0 unspecified atom stereocenters. The van der Waals surface area contributed by atoms with E-state index in [0.29, 0.717) is 11.3 Å². The number of guanidine groups is 1. The largest absolute Gasteiger partial charge is 0.480 e. The van der Waals surface area contributed by atoms with Crippen LogP contribution in [0.2, 0.25) is 0 Å². The van der Waals surface area contributed by atoms with Gasteiger partial charge >= 0.3 is 5.97 Å². The number of carboxylic acid groups (broad SMARTS) is 1. The lowest BCUT2D eigenvalue weighted by Gasteiger charge is -2.26. The van der Waals surface area contributed by atoms with Gasteiger partial charge in [-0.25, -0.2) is 9.78 Å². The number of carbonyl (C=O) groups excluding carboxylic acids is 4. The highest BCUT2D eigenvalue weighted by molar-refractivity contribution is 5.95. The first kappa shape index (κ1) is 36.7. The molecule has 16 heteroatoms. The Hall–Kier alpha value is -5.77. The monoisotopic (exact) mass is 662 g/mol. The summed E-state index contributed by atoms with van der Waals surface area (Å²) in [5.41, 5.74) is 18.3. The molecule has 0 aliphatic heterocycles. The van der Waals surface area contributed by atoms with Crippen molar-refractivity contribution in [2.24, 2.45) is 22.2 Å². The molecule has 0 fully saturated rings. The maximum atomic E-state index is 13.8. The Morgan fingerprint density at radius 1 is 0.750 bits per heavy atom. The molecule has 16 nitrogen and oxygen atoms in total.